The smallest absolute Gasteiger partial charge is 0.253 e. The van der Waals surface area contributed by atoms with E-state index in [1.165, 1.54) is 17.3 Å². The van der Waals surface area contributed by atoms with Crippen LogP contribution < -0.4 is 5.32 Å². The monoisotopic (exact) mass is 450 g/mol. The van der Waals surface area contributed by atoms with Gasteiger partial charge >= 0.3 is 0 Å². The Morgan fingerprint density at radius 3 is 2.38 bits per heavy atom. The summed E-state index contributed by atoms with van der Waals surface area (Å²) in [5, 5.41) is 3.66. The minimum Gasteiger partial charge on any atom is -0.336 e. The van der Waals surface area contributed by atoms with Gasteiger partial charge in [0.25, 0.3) is 5.91 Å². The number of hydrogen-bond donors (Lipinski definition) is 1. The fourth-order valence-electron chi connectivity index (χ4n) is 3.55. The summed E-state index contributed by atoms with van der Waals surface area (Å²) < 4.78 is 1.87. The second-order valence-electron chi connectivity index (χ2n) is 7.66. The predicted molar refractivity (Wildman–Crippen MR) is 124 cm³/mol. The molecule has 8 nitrogen and oxygen atoms in total. The molecular formula is C23H26N6O2S. The summed E-state index contributed by atoms with van der Waals surface area (Å²) in [6, 6.07) is 11.1. The number of nitrogens with zero attached hydrogens (tertiary/aromatic N) is 5. The third kappa shape index (κ3) is 5.74. The summed E-state index contributed by atoms with van der Waals surface area (Å²) in [5.74, 6) is 0.189. The summed E-state index contributed by atoms with van der Waals surface area (Å²) in [5.41, 5.74) is 2.54. The van der Waals surface area contributed by atoms with Gasteiger partial charge in [-0.2, -0.15) is 0 Å². The first kappa shape index (κ1) is 22.0. The molecule has 1 saturated heterocycles. The molecule has 0 saturated carbocycles. The lowest BCUT2D eigenvalue weighted by atomic mass is 10.1. The molecule has 9 heteroatoms. The van der Waals surface area contributed by atoms with E-state index in [-0.39, 0.29) is 17.6 Å². The summed E-state index contributed by atoms with van der Waals surface area (Å²) in [6.07, 6.45) is 7.16. The van der Waals surface area contributed by atoms with Crippen LogP contribution in [0.5, 0.6) is 0 Å². The molecule has 0 aliphatic carbocycles. The highest BCUT2D eigenvalue weighted by Crippen LogP contribution is 2.17. The number of rotatable bonds is 7. The van der Waals surface area contributed by atoms with Gasteiger partial charge in [-0.3, -0.25) is 19.5 Å². The van der Waals surface area contributed by atoms with Crippen LogP contribution in [-0.4, -0.2) is 68.1 Å². The Morgan fingerprint density at radius 1 is 1.00 bits per heavy atom. The van der Waals surface area contributed by atoms with Crippen LogP contribution in [0.2, 0.25) is 0 Å². The van der Waals surface area contributed by atoms with E-state index in [9.17, 15) is 9.59 Å². The standard InChI is InChI=1S/C23H26N6O2S/c1-27-11-10-25-23(27)32-17-21(30)26-20-4-2-19(3-5-20)22(31)29-14-12-28(13-15-29)16-18-6-8-24-9-7-18/h2-11H,12-17H2,1H3,(H,26,30). The topological polar surface area (TPSA) is 83.4 Å². The molecule has 4 rings (SSSR count). The molecular weight excluding hydrogens is 424 g/mol. The molecule has 0 radical (unpaired) electrons. The molecule has 32 heavy (non-hydrogen) atoms. The predicted octanol–water partition coefficient (Wildman–Crippen LogP) is 2.50. The van der Waals surface area contributed by atoms with Crippen molar-refractivity contribution in [2.45, 2.75) is 11.7 Å². The largest absolute Gasteiger partial charge is 0.336 e. The number of piperazine rings is 1. The normalized spacial score (nSPS) is 14.3. The number of anilines is 1. The van der Waals surface area contributed by atoms with E-state index in [1.54, 1.807) is 42.9 Å². The van der Waals surface area contributed by atoms with Gasteiger partial charge in [0.15, 0.2) is 5.16 Å². The molecule has 0 unspecified atom stereocenters. The van der Waals surface area contributed by atoms with Gasteiger partial charge in [-0.05, 0) is 42.0 Å². The Bertz CT molecular complexity index is 1050. The van der Waals surface area contributed by atoms with Crippen LogP contribution in [0, 0.1) is 0 Å². The van der Waals surface area contributed by atoms with Crippen LogP contribution in [-0.2, 0) is 18.4 Å². The molecule has 0 atom stereocenters. The third-order valence-corrected chi connectivity index (χ3v) is 6.40. The zero-order valence-electron chi connectivity index (χ0n) is 18.0. The maximum atomic E-state index is 12.9. The Hall–Kier alpha value is -3.17. The maximum absolute atomic E-state index is 12.9. The van der Waals surface area contributed by atoms with Crippen molar-refractivity contribution in [3.8, 4) is 0 Å². The van der Waals surface area contributed by atoms with Gasteiger partial charge in [-0.1, -0.05) is 11.8 Å². The van der Waals surface area contributed by atoms with E-state index < -0.39 is 0 Å². The first-order chi connectivity index (χ1) is 15.6. The summed E-state index contributed by atoms with van der Waals surface area (Å²) in [4.78, 5) is 37.5. The van der Waals surface area contributed by atoms with Crippen LogP contribution in [0.25, 0.3) is 0 Å². The number of carbonyl (C=O) groups excluding carboxylic acids is 2. The van der Waals surface area contributed by atoms with Gasteiger partial charge in [-0.25, -0.2) is 4.98 Å². The number of hydrogen-bond acceptors (Lipinski definition) is 6. The fraction of sp³-hybridized carbons (Fsp3) is 0.304. The number of aromatic nitrogens is 3. The van der Waals surface area contributed by atoms with Gasteiger partial charge < -0.3 is 14.8 Å². The number of imidazole rings is 1. The number of amides is 2. The highest BCUT2D eigenvalue weighted by Gasteiger charge is 2.22. The van der Waals surface area contributed by atoms with Gasteiger partial charge in [0.2, 0.25) is 5.91 Å². The van der Waals surface area contributed by atoms with Crippen molar-refractivity contribution in [3.05, 3.63) is 72.3 Å². The Balaban J connectivity index is 1.24. The quantitative estimate of drug-likeness (QED) is 0.557. The number of thioether (sulfide) groups is 1. The second kappa shape index (κ2) is 10.4. The van der Waals surface area contributed by atoms with Crippen LogP contribution in [0.3, 0.4) is 0 Å². The van der Waals surface area contributed by atoms with Crippen molar-refractivity contribution in [1.29, 1.82) is 0 Å². The zero-order valence-corrected chi connectivity index (χ0v) is 18.8. The minimum atomic E-state index is -0.109. The third-order valence-electron chi connectivity index (χ3n) is 5.34. The van der Waals surface area contributed by atoms with E-state index in [1.807, 2.05) is 34.8 Å². The number of pyridine rings is 1. The van der Waals surface area contributed by atoms with E-state index in [2.05, 4.69) is 20.2 Å². The van der Waals surface area contributed by atoms with Gasteiger partial charge in [0.05, 0.1) is 5.75 Å². The second-order valence-corrected chi connectivity index (χ2v) is 8.60. The molecule has 0 spiro atoms. The van der Waals surface area contributed by atoms with E-state index >= 15 is 0 Å². The molecule has 1 aromatic carbocycles. The molecule has 1 fully saturated rings. The van der Waals surface area contributed by atoms with Crippen molar-refractivity contribution >= 4 is 29.3 Å². The Morgan fingerprint density at radius 2 is 1.72 bits per heavy atom. The number of aryl methyl sites for hydroxylation is 1. The molecule has 0 bridgehead atoms. The Labute approximate surface area is 191 Å². The van der Waals surface area contributed by atoms with Crippen molar-refractivity contribution in [2.24, 2.45) is 7.05 Å². The van der Waals surface area contributed by atoms with Gasteiger partial charge in [0.1, 0.15) is 0 Å². The number of carbonyl (C=O) groups is 2. The van der Waals surface area contributed by atoms with Crippen LogP contribution in [0.4, 0.5) is 5.69 Å². The van der Waals surface area contributed by atoms with Crippen LogP contribution in [0.15, 0.2) is 66.3 Å². The Kier molecular flexibility index (Phi) is 7.18. The highest BCUT2D eigenvalue weighted by atomic mass is 32.2. The van der Waals surface area contributed by atoms with E-state index in [4.69, 9.17) is 0 Å². The molecule has 2 amide bonds. The summed E-state index contributed by atoms with van der Waals surface area (Å²) in [7, 11) is 1.89. The number of benzene rings is 1. The molecule has 1 aliphatic heterocycles. The molecule has 1 aliphatic rings. The molecule has 1 N–H and O–H groups in total. The average Bonchev–Trinajstić information content (AvgIpc) is 3.23. The van der Waals surface area contributed by atoms with E-state index in [0.717, 1.165) is 24.8 Å². The lowest BCUT2D eigenvalue weighted by molar-refractivity contribution is -0.113. The highest BCUT2D eigenvalue weighted by molar-refractivity contribution is 7.99. The molecule has 3 heterocycles. The SMILES string of the molecule is Cn1ccnc1SCC(=O)Nc1ccc(C(=O)N2CCN(Cc3ccncc3)CC2)cc1. The van der Waals surface area contributed by atoms with Crippen molar-refractivity contribution in [2.75, 3.05) is 37.2 Å². The fourth-order valence-corrected chi connectivity index (χ4v) is 4.28. The lowest BCUT2D eigenvalue weighted by Gasteiger charge is -2.34. The summed E-state index contributed by atoms with van der Waals surface area (Å²) in [6.45, 7) is 3.96. The maximum Gasteiger partial charge on any atom is 0.253 e. The molecule has 2 aromatic heterocycles. The van der Waals surface area contributed by atoms with Gasteiger partial charge in [0, 0.05) is 75.8 Å². The first-order valence-electron chi connectivity index (χ1n) is 10.5. The number of nitrogens with one attached hydrogen (secondary N) is 1. The van der Waals surface area contributed by atoms with Crippen molar-refractivity contribution in [3.63, 3.8) is 0 Å². The van der Waals surface area contributed by atoms with Crippen LogP contribution >= 0.6 is 11.8 Å². The first-order valence-corrected chi connectivity index (χ1v) is 11.5. The average molecular weight is 451 g/mol. The molecule has 3 aromatic rings. The van der Waals surface area contributed by atoms with Crippen molar-refractivity contribution in [1.82, 2.24) is 24.3 Å². The van der Waals surface area contributed by atoms with Gasteiger partial charge in [-0.15, -0.1) is 0 Å². The van der Waals surface area contributed by atoms with E-state index in [0.29, 0.717) is 24.3 Å². The lowest BCUT2D eigenvalue weighted by Crippen LogP contribution is -2.48. The van der Waals surface area contributed by atoms with Crippen LogP contribution in [0.1, 0.15) is 15.9 Å². The minimum absolute atomic E-state index is 0.0248. The van der Waals surface area contributed by atoms with Crippen molar-refractivity contribution < 1.29 is 9.59 Å². The summed E-state index contributed by atoms with van der Waals surface area (Å²) >= 11 is 1.38. The molecule has 166 valence electrons. The zero-order chi connectivity index (χ0) is 22.3.